The van der Waals surface area contributed by atoms with Gasteiger partial charge in [-0.2, -0.15) is 0 Å². The number of amides is 2. The summed E-state index contributed by atoms with van der Waals surface area (Å²) in [5.74, 6) is -2.61. The summed E-state index contributed by atoms with van der Waals surface area (Å²) in [5.41, 5.74) is 0.914. The van der Waals surface area contributed by atoms with Crippen LogP contribution in [0.3, 0.4) is 0 Å². The van der Waals surface area contributed by atoms with Gasteiger partial charge in [0.2, 0.25) is 11.8 Å². The van der Waals surface area contributed by atoms with E-state index in [0.717, 1.165) is 0 Å². The van der Waals surface area contributed by atoms with Crippen molar-refractivity contribution in [2.24, 2.45) is 11.8 Å². The zero-order valence-electron chi connectivity index (χ0n) is 10.6. The van der Waals surface area contributed by atoms with Crippen LogP contribution in [0, 0.1) is 11.8 Å². The van der Waals surface area contributed by atoms with Crippen LogP contribution in [-0.4, -0.2) is 22.9 Å². The first-order valence-corrected chi connectivity index (χ1v) is 6.37. The molecule has 3 N–H and O–H groups in total. The van der Waals surface area contributed by atoms with Crippen molar-refractivity contribution in [3.05, 3.63) is 23.2 Å². The van der Waals surface area contributed by atoms with Gasteiger partial charge in [0.1, 0.15) is 0 Å². The number of rotatable bonds is 4. The van der Waals surface area contributed by atoms with Gasteiger partial charge in [-0.05, 0) is 24.6 Å². The molecule has 2 amide bonds. The smallest absolute Gasteiger partial charge is 0.307 e. The van der Waals surface area contributed by atoms with Crippen molar-refractivity contribution >= 4 is 40.8 Å². The van der Waals surface area contributed by atoms with E-state index in [9.17, 15) is 14.4 Å². The number of benzene rings is 1. The monoisotopic (exact) mass is 296 g/mol. The SMILES string of the molecule is CC(=O)Nc1ccc(NC(=O)[C@@H]2C[C@@H]2C(=O)O)cc1Cl. The van der Waals surface area contributed by atoms with Crippen molar-refractivity contribution in [3.8, 4) is 0 Å². The molecular weight excluding hydrogens is 284 g/mol. The molecule has 1 aliphatic rings. The predicted octanol–water partition coefficient (Wildman–Crippen LogP) is 1.96. The highest BCUT2D eigenvalue weighted by Gasteiger charge is 2.48. The summed E-state index contributed by atoms with van der Waals surface area (Å²) >= 11 is 5.97. The Morgan fingerprint density at radius 3 is 2.45 bits per heavy atom. The molecule has 0 bridgehead atoms. The molecule has 106 valence electrons. The number of halogens is 1. The van der Waals surface area contributed by atoms with Gasteiger partial charge >= 0.3 is 5.97 Å². The van der Waals surface area contributed by atoms with Crippen LogP contribution < -0.4 is 10.6 Å². The molecule has 2 rings (SSSR count). The zero-order valence-corrected chi connectivity index (χ0v) is 11.4. The fraction of sp³-hybridized carbons (Fsp3) is 0.308. The van der Waals surface area contributed by atoms with E-state index < -0.39 is 17.8 Å². The summed E-state index contributed by atoms with van der Waals surface area (Å²) < 4.78 is 0. The normalized spacial score (nSPS) is 20.1. The summed E-state index contributed by atoms with van der Waals surface area (Å²) in [6, 6.07) is 4.66. The molecule has 20 heavy (non-hydrogen) atoms. The second-order valence-corrected chi connectivity index (χ2v) is 5.06. The number of carboxylic acids is 1. The van der Waals surface area contributed by atoms with Gasteiger partial charge in [-0.25, -0.2) is 0 Å². The van der Waals surface area contributed by atoms with Crippen LogP contribution in [0.4, 0.5) is 11.4 Å². The molecule has 1 fully saturated rings. The quantitative estimate of drug-likeness (QED) is 0.791. The van der Waals surface area contributed by atoms with Gasteiger partial charge < -0.3 is 15.7 Å². The molecule has 7 heteroatoms. The van der Waals surface area contributed by atoms with Crippen LogP contribution >= 0.6 is 11.6 Å². The number of anilines is 2. The molecular formula is C13H13ClN2O4. The van der Waals surface area contributed by atoms with Crippen molar-refractivity contribution in [3.63, 3.8) is 0 Å². The summed E-state index contributed by atoms with van der Waals surface area (Å²) in [7, 11) is 0. The summed E-state index contributed by atoms with van der Waals surface area (Å²) in [6.07, 6.45) is 0.360. The van der Waals surface area contributed by atoms with Crippen molar-refractivity contribution in [2.45, 2.75) is 13.3 Å². The average Bonchev–Trinajstić information content (AvgIpc) is 3.12. The molecule has 6 nitrogen and oxygen atoms in total. The number of aliphatic carboxylic acids is 1. The van der Waals surface area contributed by atoms with E-state index in [1.807, 2.05) is 0 Å². The largest absolute Gasteiger partial charge is 0.481 e. The second kappa shape index (κ2) is 5.50. The van der Waals surface area contributed by atoms with Crippen molar-refractivity contribution < 1.29 is 19.5 Å². The highest BCUT2D eigenvalue weighted by Crippen LogP contribution is 2.39. The van der Waals surface area contributed by atoms with E-state index in [-0.39, 0.29) is 11.8 Å². The standard InChI is InChI=1S/C13H13ClN2O4/c1-6(17)15-11-3-2-7(4-10(11)14)16-12(18)8-5-9(8)13(19)20/h2-4,8-9H,5H2,1H3,(H,15,17)(H,16,18)(H,19,20)/t8-,9+/m1/s1. The molecule has 0 aliphatic heterocycles. The van der Waals surface area contributed by atoms with Gasteiger partial charge in [-0.3, -0.25) is 14.4 Å². The Morgan fingerprint density at radius 1 is 1.25 bits per heavy atom. The van der Waals surface area contributed by atoms with E-state index >= 15 is 0 Å². The van der Waals surface area contributed by atoms with E-state index in [0.29, 0.717) is 22.8 Å². The Hall–Kier alpha value is -2.08. The third-order valence-electron chi connectivity index (χ3n) is 2.99. The number of nitrogens with one attached hydrogen (secondary N) is 2. The lowest BCUT2D eigenvalue weighted by molar-refractivity contribution is -0.139. The lowest BCUT2D eigenvalue weighted by Crippen LogP contribution is -2.17. The lowest BCUT2D eigenvalue weighted by Gasteiger charge is -2.08. The number of carbonyl (C=O) groups excluding carboxylic acids is 2. The molecule has 0 saturated heterocycles. The van der Waals surface area contributed by atoms with Crippen LogP contribution in [0.5, 0.6) is 0 Å². The molecule has 0 spiro atoms. The first-order valence-electron chi connectivity index (χ1n) is 5.99. The summed E-state index contributed by atoms with van der Waals surface area (Å²) in [4.78, 5) is 33.4. The van der Waals surface area contributed by atoms with E-state index in [1.165, 1.54) is 13.0 Å². The number of carboxylic acid groups (broad SMARTS) is 1. The lowest BCUT2D eigenvalue weighted by atomic mass is 10.2. The number of carbonyl (C=O) groups is 3. The Labute approximate surface area is 120 Å². The maximum atomic E-state index is 11.8. The third kappa shape index (κ3) is 3.27. The van der Waals surface area contributed by atoms with Crippen molar-refractivity contribution in [1.82, 2.24) is 0 Å². The van der Waals surface area contributed by atoms with Crippen LogP contribution in [0.15, 0.2) is 18.2 Å². The molecule has 1 saturated carbocycles. The Morgan fingerprint density at radius 2 is 1.95 bits per heavy atom. The molecule has 1 aromatic rings. The minimum atomic E-state index is -0.954. The summed E-state index contributed by atoms with van der Waals surface area (Å²) in [5, 5.41) is 14.2. The first-order chi connectivity index (χ1) is 9.38. The fourth-order valence-electron chi connectivity index (χ4n) is 1.88. The predicted molar refractivity (Wildman–Crippen MR) is 73.6 cm³/mol. The van der Waals surface area contributed by atoms with Crippen LogP contribution in [0.1, 0.15) is 13.3 Å². The molecule has 1 aromatic carbocycles. The summed E-state index contributed by atoms with van der Waals surface area (Å²) in [6.45, 7) is 1.37. The van der Waals surface area contributed by atoms with Gasteiger partial charge in [0, 0.05) is 12.6 Å². The van der Waals surface area contributed by atoms with Crippen LogP contribution in [0.2, 0.25) is 5.02 Å². The van der Waals surface area contributed by atoms with Gasteiger partial charge in [0.25, 0.3) is 0 Å². The maximum Gasteiger partial charge on any atom is 0.307 e. The van der Waals surface area contributed by atoms with Crippen molar-refractivity contribution in [2.75, 3.05) is 10.6 Å². The minimum absolute atomic E-state index is 0.244. The van der Waals surface area contributed by atoms with E-state index in [1.54, 1.807) is 12.1 Å². The number of hydrogen-bond acceptors (Lipinski definition) is 3. The molecule has 0 aromatic heterocycles. The Kier molecular flexibility index (Phi) is 3.94. The van der Waals surface area contributed by atoms with Gasteiger partial charge in [0.05, 0.1) is 22.5 Å². The average molecular weight is 297 g/mol. The van der Waals surface area contributed by atoms with Gasteiger partial charge in [-0.15, -0.1) is 0 Å². The minimum Gasteiger partial charge on any atom is -0.481 e. The van der Waals surface area contributed by atoms with Crippen LogP contribution in [-0.2, 0) is 14.4 Å². The number of hydrogen-bond donors (Lipinski definition) is 3. The van der Waals surface area contributed by atoms with Gasteiger partial charge in [0.15, 0.2) is 0 Å². The molecule has 1 aliphatic carbocycles. The van der Waals surface area contributed by atoms with E-state index in [4.69, 9.17) is 16.7 Å². The molecule has 0 radical (unpaired) electrons. The zero-order chi connectivity index (χ0) is 14.9. The van der Waals surface area contributed by atoms with E-state index in [2.05, 4.69) is 10.6 Å². The maximum absolute atomic E-state index is 11.8. The van der Waals surface area contributed by atoms with Gasteiger partial charge in [-0.1, -0.05) is 11.6 Å². The highest BCUT2D eigenvalue weighted by atomic mass is 35.5. The Bertz CT molecular complexity index is 588. The molecule has 2 atom stereocenters. The Balaban J connectivity index is 2.00. The van der Waals surface area contributed by atoms with Crippen LogP contribution in [0.25, 0.3) is 0 Å². The fourth-order valence-corrected chi connectivity index (χ4v) is 2.10. The molecule has 0 unspecified atom stereocenters. The second-order valence-electron chi connectivity index (χ2n) is 4.65. The third-order valence-corrected chi connectivity index (χ3v) is 3.30. The van der Waals surface area contributed by atoms with Crippen molar-refractivity contribution in [1.29, 1.82) is 0 Å². The first kappa shape index (κ1) is 14.3. The highest BCUT2D eigenvalue weighted by molar-refractivity contribution is 6.34. The topological polar surface area (TPSA) is 95.5 Å². The molecule has 0 heterocycles.